The van der Waals surface area contributed by atoms with Gasteiger partial charge in [-0.2, -0.15) is 5.10 Å². The van der Waals surface area contributed by atoms with Gasteiger partial charge in [0, 0.05) is 34.0 Å². The molecule has 0 saturated heterocycles. The molecule has 1 aromatic carbocycles. The molecule has 0 amide bonds. The minimum Gasteiger partial charge on any atom is -0.374 e. The van der Waals surface area contributed by atoms with Gasteiger partial charge >= 0.3 is 0 Å². The van der Waals surface area contributed by atoms with Crippen molar-refractivity contribution < 1.29 is 9.90 Å². The summed E-state index contributed by atoms with van der Waals surface area (Å²) in [6.45, 7) is 7.84. The van der Waals surface area contributed by atoms with Gasteiger partial charge in [-0.25, -0.2) is 9.97 Å². The number of benzene rings is 1. The second-order valence-corrected chi connectivity index (χ2v) is 12.2. The van der Waals surface area contributed by atoms with Crippen molar-refractivity contribution in [2.75, 3.05) is 5.32 Å². The molecule has 0 spiro atoms. The molecule has 202 valence electrons. The average Bonchev–Trinajstić information content (AvgIpc) is 3.65. The Morgan fingerprint density at radius 2 is 1.93 bits per heavy atom. The van der Waals surface area contributed by atoms with Crippen LogP contribution in [0.15, 0.2) is 61.1 Å². The summed E-state index contributed by atoms with van der Waals surface area (Å²) in [5, 5.41) is 22.0. The number of nitrogens with zero attached hydrogens (tertiary/aromatic N) is 4. The maximum absolute atomic E-state index is 11.8. The number of Topliss-reactive ketones (excluding diaryl/α,β-unsaturated/α-hetero) is 1. The Kier molecular flexibility index (Phi) is 6.44. The predicted octanol–water partition coefficient (Wildman–Crippen LogP) is 6.66. The van der Waals surface area contributed by atoms with Gasteiger partial charge in [0.1, 0.15) is 11.9 Å². The summed E-state index contributed by atoms with van der Waals surface area (Å²) in [5.74, 6) is 0.671. The molecule has 0 aliphatic carbocycles. The monoisotopic (exact) mass is 551 g/mol. The van der Waals surface area contributed by atoms with Crippen LogP contribution in [0.4, 0.5) is 5.69 Å². The van der Waals surface area contributed by atoms with Crippen molar-refractivity contribution >= 4 is 44.9 Å². The number of aliphatic hydroxyl groups is 1. The van der Waals surface area contributed by atoms with Crippen molar-refractivity contribution in [3.8, 4) is 33.1 Å². The Morgan fingerprint density at radius 3 is 2.70 bits per heavy atom. The van der Waals surface area contributed by atoms with Crippen LogP contribution in [0.1, 0.15) is 43.8 Å². The zero-order valence-electron chi connectivity index (χ0n) is 22.6. The highest BCUT2D eigenvalue weighted by atomic mass is 32.1. The molecule has 40 heavy (non-hydrogen) atoms. The van der Waals surface area contributed by atoms with E-state index < -0.39 is 6.23 Å². The van der Waals surface area contributed by atoms with Gasteiger partial charge in [-0.05, 0) is 49.1 Å². The third-order valence-electron chi connectivity index (χ3n) is 6.58. The van der Waals surface area contributed by atoms with Crippen LogP contribution < -0.4 is 5.32 Å². The lowest BCUT2D eigenvalue weighted by molar-refractivity contribution is 0.102. The van der Waals surface area contributed by atoms with Crippen LogP contribution in [-0.2, 0) is 0 Å². The standard InChI is InChI=1S/C30H29N7O2S/c1-16(38)23-8-9-24(40-23)20-6-5-7-22-26(20)35-29(34-22)27-21-11-18(14-32-28(21)37-36-27)17-10-19(15-31-13-17)33-25(39)12-30(2,3)4/h5-11,13-15,25,33,39H,12H2,1-4H3,(H,34,35)(H,32,36,37). The molecule has 0 fully saturated rings. The van der Waals surface area contributed by atoms with Crippen LogP contribution in [0, 0.1) is 5.41 Å². The van der Waals surface area contributed by atoms with Gasteiger partial charge in [0.05, 0.1) is 33.2 Å². The van der Waals surface area contributed by atoms with Crippen LogP contribution >= 0.6 is 11.3 Å². The fraction of sp³-hybridized carbons (Fsp3) is 0.233. The summed E-state index contributed by atoms with van der Waals surface area (Å²) in [6, 6.07) is 13.7. The predicted molar refractivity (Wildman–Crippen MR) is 159 cm³/mol. The summed E-state index contributed by atoms with van der Waals surface area (Å²) < 4.78 is 0. The Hall–Kier alpha value is -4.41. The molecule has 0 aliphatic rings. The van der Waals surface area contributed by atoms with Crippen LogP contribution in [0.5, 0.6) is 0 Å². The number of imidazole rings is 1. The summed E-state index contributed by atoms with van der Waals surface area (Å²) in [5.41, 5.74) is 6.39. The molecular weight excluding hydrogens is 522 g/mol. The van der Waals surface area contributed by atoms with Crippen LogP contribution in [-0.4, -0.2) is 47.3 Å². The molecule has 1 atom stereocenters. The number of anilines is 1. The van der Waals surface area contributed by atoms with E-state index in [0.29, 0.717) is 23.6 Å². The van der Waals surface area contributed by atoms with Crippen LogP contribution in [0.3, 0.4) is 0 Å². The minimum absolute atomic E-state index is 0.0111. The van der Waals surface area contributed by atoms with Gasteiger partial charge in [-0.1, -0.05) is 32.9 Å². The van der Waals surface area contributed by atoms with Crippen molar-refractivity contribution in [1.29, 1.82) is 0 Å². The van der Waals surface area contributed by atoms with E-state index in [-0.39, 0.29) is 11.2 Å². The number of aromatic amines is 2. The maximum atomic E-state index is 11.8. The second-order valence-electron chi connectivity index (χ2n) is 11.1. The van der Waals surface area contributed by atoms with Crippen molar-refractivity contribution in [3.05, 3.63) is 65.9 Å². The lowest BCUT2D eigenvalue weighted by Gasteiger charge is -2.23. The molecular formula is C30H29N7O2S. The number of aliphatic hydroxyl groups excluding tert-OH is 1. The largest absolute Gasteiger partial charge is 0.374 e. The summed E-state index contributed by atoms with van der Waals surface area (Å²) in [4.78, 5) is 30.8. The fourth-order valence-corrected chi connectivity index (χ4v) is 5.68. The van der Waals surface area contributed by atoms with E-state index in [1.165, 1.54) is 11.3 Å². The average molecular weight is 552 g/mol. The first-order valence-electron chi connectivity index (χ1n) is 13.0. The molecule has 0 aliphatic heterocycles. The number of para-hydroxylation sites is 1. The molecule has 0 radical (unpaired) electrons. The lowest BCUT2D eigenvalue weighted by Crippen LogP contribution is -2.25. The van der Waals surface area contributed by atoms with E-state index in [4.69, 9.17) is 4.98 Å². The Balaban J connectivity index is 1.35. The van der Waals surface area contributed by atoms with Gasteiger partial charge in [-0.15, -0.1) is 11.3 Å². The quantitative estimate of drug-likeness (QED) is 0.129. The third-order valence-corrected chi connectivity index (χ3v) is 7.80. The number of rotatable bonds is 7. The highest BCUT2D eigenvalue weighted by Crippen LogP contribution is 2.35. The number of hydrogen-bond acceptors (Lipinski definition) is 8. The minimum atomic E-state index is -0.681. The van der Waals surface area contributed by atoms with E-state index in [1.54, 1.807) is 25.5 Å². The fourth-order valence-electron chi connectivity index (χ4n) is 4.76. The molecule has 5 heterocycles. The van der Waals surface area contributed by atoms with E-state index in [9.17, 15) is 9.90 Å². The summed E-state index contributed by atoms with van der Waals surface area (Å²) >= 11 is 1.46. The first kappa shape index (κ1) is 25.8. The van der Waals surface area contributed by atoms with Gasteiger partial charge in [0.2, 0.25) is 0 Å². The Labute approximate surface area is 234 Å². The number of pyridine rings is 2. The SMILES string of the molecule is CC(=O)c1ccc(-c2cccc3[nH]c(-c4n[nH]c5ncc(-c6cncc(NC(O)CC(C)(C)C)c6)cc45)nc23)s1. The van der Waals surface area contributed by atoms with E-state index in [1.807, 2.05) is 42.5 Å². The summed E-state index contributed by atoms with van der Waals surface area (Å²) in [6.07, 6.45) is 5.17. The van der Waals surface area contributed by atoms with Crippen molar-refractivity contribution in [2.24, 2.45) is 5.41 Å². The molecule has 9 nitrogen and oxygen atoms in total. The number of carbonyl (C=O) groups excluding carboxylic acids is 1. The van der Waals surface area contributed by atoms with Gasteiger partial charge in [0.25, 0.3) is 0 Å². The zero-order chi connectivity index (χ0) is 28.0. The molecule has 0 saturated carbocycles. The Bertz CT molecular complexity index is 1860. The maximum Gasteiger partial charge on any atom is 0.169 e. The molecule has 1 unspecified atom stereocenters. The molecule has 10 heteroatoms. The second kappa shape index (κ2) is 9.96. The highest BCUT2D eigenvalue weighted by Gasteiger charge is 2.19. The van der Waals surface area contributed by atoms with Gasteiger partial charge < -0.3 is 15.4 Å². The number of nitrogens with one attached hydrogen (secondary N) is 3. The highest BCUT2D eigenvalue weighted by molar-refractivity contribution is 7.17. The number of hydrogen-bond donors (Lipinski definition) is 4. The van der Waals surface area contributed by atoms with Crippen molar-refractivity contribution in [1.82, 2.24) is 30.1 Å². The number of fused-ring (bicyclic) bond motifs is 2. The van der Waals surface area contributed by atoms with E-state index in [0.717, 1.165) is 48.6 Å². The molecule has 5 aromatic heterocycles. The first-order valence-corrected chi connectivity index (χ1v) is 13.8. The topological polar surface area (TPSA) is 132 Å². The van der Waals surface area contributed by atoms with E-state index >= 15 is 0 Å². The van der Waals surface area contributed by atoms with Crippen LogP contribution in [0.2, 0.25) is 0 Å². The van der Waals surface area contributed by atoms with Crippen molar-refractivity contribution in [3.63, 3.8) is 0 Å². The molecule has 6 aromatic rings. The summed E-state index contributed by atoms with van der Waals surface area (Å²) in [7, 11) is 0. The van der Waals surface area contributed by atoms with Crippen molar-refractivity contribution in [2.45, 2.75) is 40.3 Å². The van der Waals surface area contributed by atoms with E-state index in [2.05, 4.69) is 51.2 Å². The molecule has 4 N–H and O–H groups in total. The number of thiophene rings is 1. The number of carbonyl (C=O) groups is 1. The number of ketones is 1. The lowest BCUT2D eigenvalue weighted by atomic mass is 9.91. The first-order chi connectivity index (χ1) is 19.1. The van der Waals surface area contributed by atoms with Crippen LogP contribution in [0.25, 0.3) is 55.2 Å². The number of H-pyrrole nitrogens is 2. The third kappa shape index (κ3) is 5.11. The molecule has 0 bridgehead atoms. The van der Waals surface area contributed by atoms with Gasteiger partial charge in [0.15, 0.2) is 17.3 Å². The normalized spacial score (nSPS) is 12.7. The zero-order valence-corrected chi connectivity index (χ0v) is 23.4. The molecule has 6 rings (SSSR count). The number of aromatic nitrogens is 6. The Morgan fingerprint density at radius 1 is 1.10 bits per heavy atom. The smallest absolute Gasteiger partial charge is 0.169 e. The van der Waals surface area contributed by atoms with Gasteiger partial charge in [-0.3, -0.25) is 14.9 Å².